The van der Waals surface area contributed by atoms with E-state index in [1.807, 2.05) is 0 Å². The number of carbonyl (C=O) groups is 1. The van der Waals surface area contributed by atoms with Crippen LogP contribution in [0, 0.1) is 5.92 Å². The van der Waals surface area contributed by atoms with Gasteiger partial charge in [0.1, 0.15) is 0 Å². The van der Waals surface area contributed by atoms with Gasteiger partial charge in [0, 0.05) is 50.3 Å². The van der Waals surface area contributed by atoms with Gasteiger partial charge in [-0.05, 0) is 60.7 Å². The Kier molecular flexibility index (Phi) is 9.93. The summed E-state index contributed by atoms with van der Waals surface area (Å²) in [5.74, 6) is -0.677. The van der Waals surface area contributed by atoms with E-state index in [9.17, 15) is 39.9 Å². The third-order valence-corrected chi connectivity index (χ3v) is 9.20. The molecule has 1 aliphatic heterocycles. The molecule has 1 heterocycles. The van der Waals surface area contributed by atoms with E-state index in [-0.39, 0.29) is 62.1 Å². The van der Waals surface area contributed by atoms with E-state index in [2.05, 4.69) is 11.3 Å². The number of hydrogen-bond acceptors (Lipinski definition) is 6. The summed E-state index contributed by atoms with van der Waals surface area (Å²) in [7, 11) is -7.50. The Morgan fingerprint density at radius 1 is 1.10 bits per heavy atom. The van der Waals surface area contributed by atoms with E-state index in [0.29, 0.717) is 12.0 Å². The van der Waals surface area contributed by atoms with Crippen molar-refractivity contribution in [2.75, 3.05) is 32.8 Å². The van der Waals surface area contributed by atoms with Gasteiger partial charge in [-0.1, -0.05) is 18.7 Å². The van der Waals surface area contributed by atoms with E-state index >= 15 is 0 Å². The highest BCUT2D eigenvalue weighted by molar-refractivity contribution is 7.92. The molecule has 1 aliphatic rings. The molecule has 0 spiro atoms. The largest absolute Gasteiger partial charge is 0.416 e. The second-order valence-electron chi connectivity index (χ2n) is 9.10. The Morgan fingerprint density at radius 3 is 2.31 bits per heavy atom. The van der Waals surface area contributed by atoms with E-state index in [0.717, 1.165) is 17.5 Å². The van der Waals surface area contributed by atoms with E-state index < -0.39 is 37.7 Å². The molecule has 1 amide bonds. The summed E-state index contributed by atoms with van der Waals surface area (Å²) in [6.07, 6.45) is -3.76. The molecule has 2 N–H and O–H groups in total. The molecule has 0 aliphatic carbocycles. The molecule has 0 aromatic heterocycles. The smallest absolute Gasteiger partial charge is 0.396 e. The first-order valence-electron chi connectivity index (χ1n) is 12.1. The highest BCUT2D eigenvalue weighted by Crippen LogP contribution is 2.29. The number of halogens is 3. The molecule has 1 saturated heterocycles. The third kappa shape index (κ3) is 8.11. The molecule has 0 radical (unpaired) electrons. The minimum Gasteiger partial charge on any atom is -0.396 e. The molecular weight excluding hydrogens is 559 g/mol. The molecule has 9 nitrogen and oxygen atoms in total. The van der Waals surface area contributed by atoms with Gasteiger partial charge < -0.3 is 10.0 Å². The summed E-state index contributed by atoms with van der Waals surface area (Å²) in [5, 5.41) is 10.0. The number of nitrogens with zero attached hydrogens (tertiary/aromatic N) is 2. The Labute approximate surface area is 226 Å². The first-order chi connectivity index (χ1) is 18.3. The minimum atomic E-state index is -4.48. The van der Waals surface area contributed by atoms with Crippen LogP contribution in [-0.2, 0) is 32.8 Å². The molecule has 214 valence electrons. The molecular formula is C25H30F3N3O6S2. The molecule has 0 saturated carbocycles. The van der Waals surface area contributed by atoms with Crippen molar-refractivity contribution in [3.63, 3.8) is 0 Å². The number of amides is 1. The zero-order valence-corrected chi connectivity index (χ0v) is 22.6. The molecule has 3 rings (SSSR count). The van der Waals surface area contributed by atoms with Crippen LogP contribution in [0.25, 0.3) is 0 Å². The summed E-state index contributed by atoms with van der Waals surface area (Å²) in [6.45, 7) is 3.59. The van der Waals surface area contributed by atoms with Gasteiger partial charge in [0.2, 0.25) is 20.0 Å². The first-order valence-corrected chi connectivity index (χ1v) is 15.0. The van der Waals surface area contributed by atoms with Crippen LogP contribution in [0.3, 0.4) is 0 Å². The van der Waals surface area contributed by atoms with Crippen LogP contribution in [0.15, 0.2) is 65.4 Å². The first kappa shape index (κ1) is 30.8. The van der Waals surface area contributed by atoms with Gasteiger partial charge in [-0.25, -0.2) is 21.6 Å². The van der Waals surface area contributed by atoms with E-state index in [4.69, 9.17) is 0 Å². The molecule has 39 heavy (non-hydrogen) atoms. The van der Waals surface area contributed by atoms with E-state index in [1.165, 1.54) is 45.6 Å². The standard InChI is InChI=1S/C25H30F3N3O6S2/c1-2-38(34,35)29-16-20-12-14-31(18-20)39(36,37)23-10-6-21(7-11-23)24(33)30(13-3-15-32)17-19-4-8-22(9-5-19)25(26,27)28/h2,4-11,20,29,32H,1,3,12-18H2/t20-/m1/s1. The fraction of sp³-hybridized carbons (Fsp3) is 0.400. The number of aliphatic hydroxyl groups is 1. The van der Waals surface area contributed by atoms with Gasteiger partial charge in [0.15, 0.2) is 0 Å². The maximum absolute atomic E-state index is 13.2. The van der Waals surface area contributed by atoms with Gasteiger partial charge in [-0.3, -0.25) is 4.79 Å². The highest BCUT2D eigenvalue weighted by Gasteiger charge is 2.33. The van der Waals surface area contributed by atoms with Crippen LogP contribution in [0.5, 0.6) is 0 Å². The molecule has 2 aromatic carbocycles. The van der Waals surface area contributed by atoms with Crippen molar-refractivity contribution in [2.45, 2.75) is 30.5 Å². The van der Waals surface area contributed by atoms with Crippen molar-refractivity contribution in [3.05, 3.63) is 77.2 Å². The van der Waals surface area contributed by atoms with Crippen molar-refractivity contribution in [2.24, 2.45) is 5.92 Å². The van der Waals surface area contributed by atoms with Crippen LogP contribution in [0.4, 0.5) is 13.2 Å². The molecule has 0 unspecified atom stereocenters. The lowest BCUT2D eigenvalue weighted by Gasteiger charge is -2.23. The maximum Gasteiger partial charge on any atom is 0.416 e. The fourth-order valence-corrected chi connectivity index (χ4v) is 6.23. The summed E-state index contributed by atoms with van der Waals surface area (Å²) < 4.78 is 91.5. The Morgan fingerprint density at radius 2 is 1.74 bits per heavy atom. The quantitative estimate of drug-likeness (QED) is 0.393. The van der Waals surface area contributed by atoms with Crippen LogP contribution >= 0.6 is 0 Å². The summed E-state index contributed by atoms with van der Waals surface area (Å²) in [5.41, 5.74) is -0.164. The van der Waals surface area contributed by atoms with Gasteiger partial charge in [-0.15, -0.1) is 0 Å². The topological polar surface area (TPSA) is 124 Å². The number of hydrogen-bond donors (Lipinski definition) is 2. The van der Waals surface area contributed by atoms with Crippen molar-refractivity contribution in [1.29, 1.82) is 0 Å². The summed E-state index contributed by atoms with van der Waals surface area (Å²) >= 11 is 0. The normalized spacial score (nSPS) is 16.8. The van der Waals surface area contributed by atoms with Crippen LogP contribution in [-0.4, -0.2) is 69.8 Å². The van der Waals surface area contributed by atoms with Gasteiger partial charge in [0.25, 0.3) is 5.91 Å². The Hall–Kier alpha value is -2.78. The summed E-state index contributed by atoms with van der Waals surface area (Å²) in [4.78, 5) is 14.5. The van der Waals surface area contributed by atoms with Crippen LogP contribution < -0.4 is 4.72 Å². The number of sulfonamides is 2. The Balaban J connectivity index is 1.70. The fourth-order valence-electron chi connectivity index (χ4n) is 4.11. The molecule has 1 fully saturated rings. The van der Waals surface area contributed by atoms with Crippen molar-refractivity contribution in [1.82, 2.24) is 13.9 Å². The van der Waals surface area contributed by atoms with Gasteiger partial charge in [0.05, 0.1) is 10.5 Å². The van der Waals surface area contributed by atoms with Crippen molar-refractivity contribution in [3.8, 4) is 0 Å². The van der Waals surface area contributed by atoms with Gasteiger partial charge >= 0.3 is 6.18 Å². The molecule has 0 bridgehead atoms. The average molecular weight is 590 g/mol. The zero-order chi connectivity index (χ0) is 28.8. The number of alkyl halides is 3. The third-order valence-electron chi connectivity index (χ3n) is 6.31. The average Bonchev–Trinajstić information content (AvgIpc) is 3.40. The monoisotopic (exact) mass is 589 g/mol. The van der Waals surface area contributed by atoms with Crippen molar-refractivity contribution < 1.29 is 39.9 Å². The number of rotatable bonds is 12. The number of nitrogens with one attached hydrogen (secondary N) is 1. The SMILES string of the molecule is C=CS(=O)(=O)NC[C@H]1CCN(S(=O)(=O)c2ccc(C(=O)N(CCCO)Cc3ccc(C(F)(F)F)cc3)cc2)C1. The highest BCUT2D eigenvalue weighted by atomic mass is 32.2. The zero-order valence-electron chi connectivity index (χ0n) is 21.0. The second kappa shape index (κ2) is 12.6. The molecule has 2 aromatic rings. The predicted octanol–water partition coefficient (Wildman–Crippen LogP) is 2.80. The number of benzene rings is 2. The second-order valence-corrected chi connectivity index (χ2v) is 12.8. The minimum absolute atomic E-state index is 0.00178. The van der Waals surface area contributed by atoms with Crippen LogP contribution in [0.2, 0.25) is 0 Å². The van der Waals surface area contributed by atoms with Crippen molar-refractivity contribution >= 4 is 26.0 Å². The number of aliphatic hydroxyl groups excluding tert-OH is 1. The van der Waals surface area contributed by atoms with Gasteiger partial charge in [-0.2, -0.15) is 17.5 Å². The lowest BCUT2D eigenvalue weighted by atomic mass is 10.1. The lowest BCUT2D eigenvalue weighted by molar-refractivity contribution is -0.137. The predicted molar refractivity (Wildman–Crippen MR) is 138 cm³/mol. The number of carbonyl (C=O) groups excluding carboxylic acids is 1. The Bertz CT molecular complexity index is 1360. The molecule has 1 atom stereocenters. The maximum atomic E-state index is 13.2. The summed E-state index contributed by atoms with van der Waals surface area (Å²) in [6, 6.07) is 9.76. The lowest BCUT2D eigenvalue weighted by Crippen LogP contribution is -2.33. The van der Waals surface area contributed by atoms with E-state index in [1.54, 1.807) is 0 Å². The molecule has 14 heteroatoms. The van der Waals surface area contributed by atoms with Crippen LogP contribution in [0.1, 0.15) is 34.3 Å².